The van der Waals surface area contributed by atoms with Crippen LogP contribution in [-0.4, -0.2) is 10.2 Å². The lowest BCUT2D eigenvalue weighted by molar-refractivity contribution is 0.931. The topological polar surface area (TPSA) is 28.7 Å². The van der Waals surface area contributed by atoms with Crippen molar-refractivity contribution in [3.8, 4) is 0 Å². The van der Waals surface area contributed by atoms with Gasteiger partial charge in [-0.15, -0.1) is 0 Å². The number of H-pyrrole nitrogens is 1. The number of aromatic nitrogens is 2. The third-order valence-electron chi connectivity index (χ3n) is 2.03. The Bertz CT molecular complexity index is 223. The van der Waals surface area contributed by atoms with Crippen LogP contribution in [0.5, 0.6) is 0 Å². The lowest BCUT2D eigenvalue weighted by Gasteiger charge is -1.82. The van der Waals surface area contributed by atoms with Crippen molar-refractivity contribution in [2.75, 3.05) is 0 Å². The molecule has 2 rings (SSSR count). The van der Waals surface area contributed by atoms with E-state index in [1.165, 1.54) is 24.2 Å². The Hall–Kier alpha value is -0.790. The molecule has 0 bridgehead atoms. The summed E-state index contributed by atoms with van der Waals surface area (Å²) in [7, 11) is 0. The number of rotatable bonds is 2. The van der Waals surface area contributed by atoms with Crippen LogP contribution in [0.15, 0.2) is 6.07 Å². The third kappa shape index (κ3) is 0.939. The van der Waals surface area contributed by atoms with Crippen LogP contribution in [0, 0.1) is 0 Å². The van der Waals surface area contributed by atoms with Crippen molar-refractivity contribution >= 4 is 0 Å². The summed E-state index contributed by atoms with van der Waals surface area (Å²) in [5.41, 5.74) is 2.54. The van der Waals surface area contributed by atoms with Crippen LogP contribution in [-0.2, 0) is 6.42 Å². The molecule has 1 heterocycles. The quantitative estimate of drug-likeness (QED) is 0.660. The lowest BCUT2D eigenvalue weighted by Crippen LogP contribution is -1.77. The van der Waals surface area contributed by atoms with Crippen LogP contribution in [0.2, 0.25) is 0 Å². The van der Waals surface area contributed by atoms with E-state index in [1.54, 1.807) is 0 Å². The highest BCUT2D eigenvalue weighted by Crippen LogP contribution is 2.38. The number of aryl methyl sites for hydroxylation is 1. The van der Waals surface area contributed by atoms with Crippen LogP contribution >= 0.6 is 0 Å². The molecule has 0 amide bonds. The summed E-state index contributed by atoms with van der Waals surface area (Å²) >= 11 is 0. The molecule has 1 aromatic rings. The molecule has 0 saturated heterocycles. The van der Waals surface area contributed by atoms with Gasteiger partial charge in [-0.25, -0.2) is 0 Å². The monoisotopic (exact) mass is 136 g/mol. The maximum atomic E-state index is 4.22. The Kier molecular flexibility index (Phi) is 1.26. The standard InChI is InChI=1S/C8H12N2/c1-2-7-5-8(10-9-7)6-3-4-6/h5-6H,2-4H2,1H3,(H,9,10). The summed E-state index contributed by atoms with van der Waals surface area (Å²) in [5.74, 6) is 0.788. The van der Waals surface area contributed by atoms with Gasteiger partial charge >= 0.3 is 0 Å². The van der Waals surface area contributed by atoms with E-state index in [-0.39, 0.29) is 0 Å². The molecule has 0 radical (unpaired) electrons. The van der Waals surface area contributed by atoms with Gasteiger partial charge in [-0.1, -0.05) is 6.92 Å². The number of hydrogen-bond donors (Lipinski definition) is 1. The molecule has 0 unspecified atom stereocenters. The van der Waals surface area contributed by atoms with Crippen LogP contribution in [0.4, 0.5) is 0 Å². The minimum absolute atomic E-state index is 0.788. The maximum absolute atomic E-state index is 4.22. The fraction of sp³-hybridized carbons (Fsp3) is 0.625. The van der Waals surface area contributed by atoms with Crippen molar-refractivity contribution in [1.82, 2.24) is 10.2 Å². The first kappa shape index (κ1) is 5.96. The Balaban J connectivity index is 2.19. The van der Waals surface area contributed by atoms with Crippen LogP contribution < -0.4 is 0 Å². The third-order valence-corrected chi connectivity index (χ3v) is 2.03. The molecule has 0 atom stereocenters. The van der Waals surface area contributed by atoms with Crippen molar-refractivity contribution in [2.45, 2.75) is 32.1 Å². The van der Waals surface area contributed by atoms with E-state index in [1.807, 2.05) is 0 Å². The van der Waals surface area contributed by atoms with E-state index < -0.39 is 0 Å². The first-order valence-corrected chi connectivity index (χ1v) is 3.94. The zero-order valence-corrected chi connectivity index (χ0v) is 6.22. The van der Waals surface area contributed by atoms with Gasteiger partial charge in [0.05, 0.1) is 5.69 Å². The summed E-state index contributed by atoms with van der Waals surface area (Å²) in [6.07, 6.45) is 3.75. The molecule has 10 heavy (non-hydrogen) atoms. The highest BCUT2D eigenvalue weighted by molar-refractivity contribution is 5.17. The van der Waals surface area contributed by atoms with Crippen LogP contribution in [0.1, 0.15) is 37.1 Å². The van der Waals surface area contributed by atoms with E-state index in [2.05, 4.69) is 23.2 Å². The van der Waals surface area contributed by atoms with E-state index in [4.69, 9.17) is 0 Å². The Morgan fingerprint density at radius 2 is 2.50 bits per heavy atom. The number of hydrogen-bond acceptors (Lipinski definition) is 1. The van der Waals surface area contributed by atoms with Gasteiger partial charge in [0.25, 0.3) is 0 Å². The van der Waals surface area contributed by atoms with Gasteiger partial charge in [0, 0.05) is 11.6 Å². The summed E-state index contributed by atoms with van der Waals surface area (Å²) < 4.78 is 0. The Morgan fingerprint density at radius 3 is 3.00 bits per heavy atom. The maximum Gasteiger partial charge on any atom is 0.0655 e. The van der Waals surface area contributed by atoms with Crippen molar-refractivity contribution in [3.63, 3.8) is 0 Å². The normalized spacial score (nSPS) is 17.7. The molecule has 2 nitrogen and oxygen atoms in total. The minimum Gasteiger partial charge on any atom is -0.282 e. The number of nitrogens with zero attached hydrogens (tertiary/aromatic N) is 1. The predicted octanol–water partition coefficient (Wildman–Crippen LogP) is 1.85. The molecule has 54 valence electrons. The van der Waals surface area contributed by atoms with Crippen molar-refractivity contribution in [3.05, 3.63) is 17.5 Å². The van der Waals surface area contributed by atoms with E-state index in [0.717, 1.165) is 12.3 Å². The molecule has 0 aliphatic heterocycles. The smallest absolute Gasteiger partial charge is 0.0655 e. The van der Waals surface area contributed by atoms with Crippen LogP contribution in [0.3, 0.4) is 0 Å². The number of aromatic amines is 1. The zero-order valence-electron chi connectivity index (χ0n) is 6.22. The highest BCUT2D eigenvalue weighted by Gasteiger charge is 2.25. The second-order valence-electron chi connectivity index (χ2n) is 2.95. The summed E-state index contributed by atoms with van der Waals surface area (Å²) in [6.45, 7) is 2.14. The SMILES string of the molecule is CCc1cc(C2CC2)n[nH]1. The van der Waals surface area contributed by atoms with Gasteiger partial charge in [0.15, 0.2) is 0 Å². The fourth-order valence-corrected chi connectivity index (χ4v) is 1.15. The number of nitrogens with one attached hydrogen (secondary N) is 1. The molecule has 1 aromatic heterocycles. The van der Waals surface area contributed by atoms with Gasteiger partial charge < -0.3 is 0 Å². The summed E-state index contributed by atoms with van der Waals surface area (Å²) in [4.78, 5) is 0. The summed E-state index contributed by atoms with van der Waals surface area (Å²) in [5, 5.41) is 7.25. The van der Waals surface area contributed by atoms with E-state index in [0.29, 0.717) is 0 Å². The van der Waals surface area contributed by atoms with E-state index in [9.17, 15) is 0 Å². The Morgan fingerprint density at radius 1 is 1.70 bits per heavy atom. The largest absolute Gasteiger partial charge is 0.282 e. The van der Waals surface area contributed by atoms with E-state index >= 15 is 0 Å². The first-order chi connectivity index (χ1) is 4.90. The molecule has 1 aliphatic carbocycles. The average molecular weight is 136 g/mol. The van der Waals surface area contributed by atoms with Gasteiger partial charge in [-0.3, -0.25) is 5.10 Å². The second-order valence-corrected chi connectivity index (χ2v) is 2.95. The van der Waals surface area contributed by atoms with Crippen LogP contribution in [0.25, 0.3) is 0 Å². The van der Waals surface area contributed by atoms with Crippen molar-refractivity contribution in [2.24, 2.45) is 0 Å². The van der Waals surface area contributed by atoms with Crippen molar-refractivity contribution in [1.29, 1.82) is 0 Å². The highest BCUT2D eigenvalue weighted by atomic mass is 15.1. The Labute approximate surface area is 60.6 Å². The second kappa shape index (κ2) is 2.11. The predicted molar refractivity (Wildman–Crippen MR) is 39.9 cm³/mol. The molecule has 2 heteroatoms. The van der Waals surface area contributed by atoms with Gasteiger partial charge in [0.2, 0.25) is 0 Å². The lowest BCUT2D eigenvalue weighted by atomic mass is 10.2. The average Bonchev–Trinajstić information content (AvgIpc) is 2.70. The molecule has 1 fully saturated rings. The van der Waals surface area contributed by atoms with Gasteiger partial charge in [-0.05, 0) is 25.3 Å². The molecule has 1 saturated carbocycles. The molecular formula is C8H12N2. The summed E-state index contributed by atoms with van der Waals surface area (Å²) in [6, 6.07) is 2.19. The molecule has 1 aliphatic rings. The zero-order chi connectivity index (χ0) is 6.97. The first-order valence-electron chi connectivity index (χ1n) is 3.94. The molecule has 0 spiro atoms. The molecular weight excluding hydrogens is 124 g/mol. The van der Waals surface area contributed by atoms with Gasteiger partial charge in [0.1, 0.15) is 0 Å². The minimum atomic E-state index is 0.788. The fourth-order valence-electron chi connectivity index (χ4n) is 1.15. The van der Waals surface area contributed by atoms with Gasteiger partial charge in [-0.2, -0.15) is 5.10 Å². The molecule has 1 N–H and O–H groups in total. The molecule has 0 aromatic carbocycles. The van der Waals surface area contributed by atoms with Crippen molar-refractivity contribution < 1.29 is 0 Å².